The molecule has 1 fully saturated rings. The van der Waals surface area contributed by atoms with Gasteiger partial charge in [-0.3, -0.25) is 9.78 Å². The minimum atomic E-state index is -0.122. The second-order valence-electron chi connectivity index (χ2n) is 4.28. The van der Waals surface area contributed by atoms with Crippen molar-refractivity contribution < 1.29 is 4.79 Å². The normalized spacial score (nSPS) is 19.9. The van der Waals surface area contributed by atoms with E-state index in [2.05, 4.69) is 15.6 Å². The van der Waals surface area contributed by atoms with Crippen molar-refractivity contribution in [2.45, 2.75) is 12.8 Å². The van der Waals surface area contributed by atoms with Gasteiger partial charge in [-0.25, -0.2) is 0 Å². The lowest BCUT2D eigenvalue weighted by atomic mass is 10.00. The number of piperidine rings is 1. The molecule has 0 unspecified atom stereocenters. The van der Waals surface area contributed by atoms with Gasteiger partial charge in [0.05, 0.1) is 10.6 Å². The van der Waals surface area contributed by atoms with Crippen LogP contribution in [0.5, 0.6) is 0 Å². The predicted molar refractivity (Wildman–Crippen MR) is 67.2 cm³/mol. The Morgan fingerprint density at radius 3 is 3.24 bits per heavy atom. The Morgan fingerprint density at radius 2 is 2.53 bits per heavy atom. The summed E-state index contributed by atoms with van der Waals surface area (Å²) in [6.07, 6.45) is 5.40. The van der Waals surface area contributed by atoms with Crippen LogP contribution in [-0.2, 0) is 0 Å². The predicted octanol–water partition coefficient (Wildman–Crippen LogP) is 1.46. The van der Waals surface area contributed by atoms with E-state index in [1.165, 1.54) is 12.6 Å². The van der Waals surface area contributed by atoms with Crippen molar-refractivity contribution in [2.24, 2.45) is 5.92 Å². The number of aromatic nitrogens is 1. The van der Waals surface area contributed by atoms with E-state index < -0.39 is 0 Å². The molecule has 0 spiro atoms. The standard InChI is InChI=1S/C12H16ClN3O/c13-11-8-15-5-3-10(11)12(17)16-7-9-2-1-4-14-6-9/h3,5,8-9,14H,1-2,4,6-7H2,(H,16,17)/t9-/m0/s1. The summed E-state index contributed by atoms with van der Waals surface area (Å²) in [4.78, 5) is 15.7. The summed E-state index contributed by atoms with van der Waals surface area (Å²) in [5, 5.41) is 6.64. The molecule has 1 aliphatic rings. The molecule has 1 aromatic heterocycles. The largest absolute Gasteiger partial charge is 0.352 e. The molecule has 2 heterocycles. The van der Waals surface area contributed by atoms with Gasteiger partial charge in [-0.2, -0.15) is 0 Å². The van der Waals surface area contributed by atoms with Crippen LogP contribution in [0, 0.1) is 5.92 Å². The Morgan fingerprint density at radius 1 is 1.65 bits per heavy atom. The first-order chi connectivity index (χ1) is 8.27. The average Bonchev–Trinajstić information content (AvgIpc) is 2.38. The van der Waals surface area contributed by atoms with Gasteiger partial charge in [-0.05, 0) is 37.9 Å². The summed E-state index contributed by atoms with van der Waals surface area (Å²) >= 11 is 5.90. The van der Waals surface area contributed by atoms with Crippen LogP contribution >= 0.6 is 11.6 Å². The highest BCUT2D eigenvalue weighted by molar-refractivity contribution is 6.33. The van der Waals surface area contributed by atoms with E-state index in [-0.39, 0.29) is 5.91 Å². The molecule has 0 saturated carbocycles. The number of hydrogen-bond donors (Lipinski definition) is 2. The minimum Gasteiger partial charge on any atom is -0.352 e. The number of nitrogens with zero attached hydrogens (tertiary/aromatic N) is 1. The summed E-state index contributed by atoms with van der Waals surface area (Å²) in [5.74, 6) is 0.399. The number of amides is 1. The number of rotatable bonds is 3. The van der Waals surface area contributed by atoms with Crippen molar-refractivity contribution in [1.29, 1.82) is 0 Å². The van der Waals surface area contributed by atoms with Crippen LogP contribution in [0.25, 0.3) is 0 Å². The number of nitrogens with one attached hydrogen (secondary N) is 2. The molecule has 2 N–H and O–H groups in total. The van der Waals surface area contributed by atoms with Crippen molar-refractivity contribution in [2.75, 3.05) is 19.6 Å². The fourth-order valence-corrected chi connectivity index (χ4v) is 2.19. The molecule has 4 nitrogen and oxygen atoms in total. The first-order valence-corrected chi connectivity index (χ1v) is 6.23. The summed E-state index contributed by atoms with van der Waals surface area (Å²) in [7, 11) is 0. The zero-order valence-electron chi connectivity index (χ0n) is 9.58. The van der Waals surface area contributed by atoms with E-state index in [0.717, 1.165) is 19.5 Å². The van der Waals surface area contributed by atoms with E-state index >= 15 is 0 Å². The van der Waals surface area contributed by atoms with Gasteiger partial charge in [-0.15, -0.1) is 0 Å². The third kappa shape index (κ3) is 3.41. The zero-order valence-corrected chi connectivity index (χ0v) is 10.3. The van der Waals surface area contributed by atoms with Gasteiger partial charge in [-0.1, -0.05) is 11.6 Å². The van der Waals surface area contributed by atoms with Crippen molar-refractivity contribution >= 4 is 17.5 Å². The molecule has 0 bridgehead atoms. The highest BCUT2D eigenvalue weighted by atomic mass is 35.5. The lowest BCUT2D eigenvalue weighted by Gasteiger charge is -2.22. The van der Waals surface area contributed by atoms with Gasteiger partial charge in [0, 0.05) is 18.9 Å². The molecule has 1 amide bonds. The Hall–Kier alpha value is -1.13. The molecule has 92 valence electrons. The number of halogens is 1. The summed E-state index contributed by atoms with van der Waals surface area (Å²) in [6, 6.07) is 1.64. The Balaban J connectivity index is 1.87. The van der Waals surface area contributed by atoms with E-state index in [4.69, 9.17) is 11.6 Å². The minimum absolute atomic E-state index is 0.122. The highest BCUT2D eigenvalue weighted by Crippen LogP contribution is 2.13. The molecule has 17 heavy (non-hydrogen) atoms. The van der Waals surface area contributed by atoms with Crippen LogP contribution < -0.4 is 10.6 Å². The van der Waals surface area contributed by atoms with Crippen LogP contribution in [-0.4, -0.2) is 30.5 Å². The van der Waals surface area contributed by atoms with Crippen molar-refractivity contribution in [1.82, 2.24) is 15.6 Å². The van der Waals surface area contributed by atoms with Crippen molar-refractivity contribution in [3.63, 3.8) is 0 Å². The fraction of sp³-hybridized carbons (Fsp3) is 0.500. The van der Waals surface area contributed by atoms with Crippen LogP contribution in [0.3, 0.4) is 0 Å². The van der Waals surface area contributed by atoms with Crippen molar-refractivity contribution in [3.8, 4) is 0 Å². The lowest BCUT2D eigenvalue weighted by molar-refractivity contribution is 0.0945. The van der Waals surface area contributed by atoms with Gasteiger partial charge in [0.15, 0.2) is 0 Å². The van der Waals surface area contributed by atoms with Crippen molar-refractivity contribution in [3.05, 3.63) is 29.0 Å². The van der Waals surface area contributed by atoms with E-state index in [0.29, 0.717) is 23.0 Å². The molecule has 1 atom stereocenters. The highest BCUT2D eigenvalue weighted by Gasteiger charge is 2.15. The second-order valence-corrected chi connectivity index (χ2v) is 4.69. The SMILES string of the molecule is O=C(NC[C@H]1CCCNC1)c1ccncc1Cl. The molecule has 0 radical (unpaired) electrons. The molecule has 2 rings (SSSR count). The third-order valence-corrected chi connectivity index (χ3v) is 3.27. The Bertz CT molecular complexity index is 391. The molecule has 1 aromatic rings. The maximum absolute atomic E-state index is 11.9. The van der Waals surface area contributed by atoms with Gasteiger partial charge in [0.2, 0.25) is 0 Å². The first-order valence-electron chi connectivity index (χ1n) is 5.86. The number of carbonyl (C=O) groups excluding carboxylic acids is 1. The lowest BCUT2D eigenvalue weighted by Crippen LogP contribution is -2.38. The van der Waals surface area contributed by atoms with Gasteiger partial charge in [0.1, 0.15) is 0 Å². The van der Waals surface area contributed by atoms with Crippen LogP contribution in [0.15, 0.2) is 18.5 Å². The second kappa shape index (κ2) is 5.98. The monoisotopic (exact) mass is 253 g/mol. The molecule has 1 saturated heterocycles. The maximum Gasteiger partial charge on any atom is 0.252 e. The number of hydrogen-bond acceptors (Lipinski definition) is 3. The van der Waals surface area contributed by atoms with E-state index in [1.54, 1.807) is 12.3 Å². The smallest absolute Gasteiger partial charge is 0.252 e. The molecular weight excluding hydrogens is 238 g/mol. The summed E-state index contributed by atoms with van der Waals surface area (Å²) in [6.45, 7) is 2.76. The first kappa shape index (κ1) is 12.3. The van der Waals surface area contributed by atoms with E-state index in [9.17, 15) is 4.79 Å². The van der Waals surface area contributed by atoms with Crippen LogP contribution in [0.2, 0.25) is 5.02 Å². The third-order valence-electron chi connectivity index (χ3n) is 2.97. The maximum atomic E-state index is 11.9. The number of carbonyl (C=O) groups is 1. The molecule has 0 aromatic carbocycles. The molecule has 5 heteroatoms. The Labute approximate surface area is 106 Å². The number of pyridine rings is 1. The zero-order chi connectivity index (χ0) is 12.1. The van der Waals surface area contributed by atoms with Crippen LogP contribution in [0.1, 0.15) is 23.2 Å². The molecule has 0 aliphatic carbocycles. The molecular formula is C12H16ClN3O. The van der Waals surface area contributed by atoms with E-state index in [1.807, 2.05) is 0 Å². The molecule has 1 aliphatic heterocycles. The summed E-state index contributed by atoms with van der Waals surface area (Å²) in [5.41, 5.74) is 0.491. The Kier molecular flexibility index (Phi) is 4.34. The van der Waals surface area contributed by atoms with Crippen LogP contribution in [0.4, 0.5) is 0 Å². The summed E-state index contributed by atoms with van der Waals surface area (Å²) < 4.78 is 0. The average molecular weight is 254 g/mol. The van der Waals surface area contributed by atoms with Gasteiger partial charge in [0.25, 0.3) is 5.91 Å². The van der Waals surface area contributed by atoms with Gasteiger partial charge < -0.3 is 10.6 Å². The fourth-order valence-electron chi connectivity index (χ4n) is 1.99. The quantitative estimate of drug-likeness (QED) is 0.858. The topological polar surface area (TPSA) is 54.0 Å². The van der Waals surface area contributed by atoms with Gasteiger partial charge >= 0.3 is 0 Å².